The predicted molar refractivity (Wildman–Crippen MR) is 104 cm³/mol. The van der Waals surface area contributed by atoms with E-state index in [0.717, 1.165) is 19.1 Å². The summed E-state index contributed by atoms with van der Waals surface area (Å²) in [5, 5.41) is 11.1. The van der Waals surface area contributed by atoms with Gasteiger partial charge < -0.3 is 0 Å². The summed E-state index contributed by atoms with van der Waals surface area (Å²) in [4.78, 5) is 11.2. The first-order valence-electron chi connectivity index (χ1n) is 8.15. The van der Waals surface area contributed by atoms with E-state index in [1.165, 1.54) is 28.4 Å². The molecule has 1 amide bonds. The number of hydrogen-bond acceptors (Lipinski definition) is 4. The Morgan fingerprint density at radius 2 is 1.39 bits per heavy atom. The second-order valence-electron chi connectivity index (χ2n) is 5.72. The third kappa shape index (κ3) is 5.26. The Bertz CT molecular complexity index is 993. The fourth-order valence-electron chi connectivity index (χ4n) is 2.50. The van der Waals surface area contributed by atoms with Crippen LogP contribution in [0.4, 0.5) is 10.1 Å². The monoisotopic (exact) mass is 406 g/mol. The van der Waals surface area contributed by atoms with Crippen LogP contribution in [0.15, 0.2) is 72.8 Å². The molecule has 7 nitrogen and oxygen atoms in total. The van der Waals surface area contributed by atoms with Crippen molar-refractivity contribution < 1.29 is 27.4 Å². The zero-order chi connectivity index (χ0) is 20.7. The molecule has 0 heterocycles. The minimum Gasteiger partial charge on any atom is -0.289 e. The highest BCUT2D eigenvalue weighted by atomic mass is 32.2. The van der Waals surface area contributed by atoms with Gasteiger partial charge in [0, 0.05) is 0 Å². The van der Waals surface area contributed by atoms with Crippen molar-refractivity contribution in [3.8, 4) is 0 Å². The lowest BCUT2D eigenvalue weighted by atomic mass is 10.1. The average molecular weight is 406 g/mol. The highest BCUT2D eigenvalue weighted by Gasteiger charge is 2.32. The maximum absolute atomic E-state index is 13.5. The third-order valence-electron chi connectivity index (χ3n) is 3.84. The van der Waals surface area contributed by atoms with Crippen LogP contribution in [0.5, 0.6) is 0 Å². The third-order valence-corrected chi connectivity index (χ3v) is 4.85. The van der Waals surface area contributed by atoms with Crippen LogP contribution in [0, 0.1) is 5.82 Å². The molecule has 0 saturated heterocycles. The number of hydroxylamine groups is 1. The van der Waals surface area contributed by atoms with Gasteiger partial charge in [0.2, 0.25) is 0 Å². The molecule has 0 aliphatic heterocycles. The maximum Gasteiger partial charge on any atom is 0.360 e. The van der Waals surface area contributed by atoms with E-state index in [1.807, 2.05) is 0 Å². The quantitative estimate of drug-likeness (QED) is 0.350. The molecule has 0 radical (unpaired) electrons. The molecule has 0 fully saturated rings. The average Bonchev–Trinajstić information content (AvgIpc) is 2.68. The minimum absolute atomic E-state index is 0.161. The van der Waals surface area contributed by atoms with Gasteiger partial charge in [0.15, 0.2) is 0 Å². The lowest BCUT2D eigenvalue weighted by molar-refractivity contribution is -0.130. The minimum atomic E-state index is -4.87. The molecule has 0 bridgehead atoms. The van der Waals surface area contributed by atoms with E-state index in [2.05, 4.69) is 48.5 Å². The normalized spacial score (nSPS) is 11.9. The van der Waals surface area contributed by atoms with Crippen LogP contribution in [0.3, 0.4) is 0 Å². The fourth-order valence-corrected chi connectivity index (χ4v) is 3.39. The van der Waals surface area contributed by atoms with E-state index in [0.29, 0.717) is 0 Å². The largest absolute Gasteiger partial charge is 0.360 e. The number of para-hydroxylation sites is 1. The maximum atomic E-state index is 13.5. The zero-order valence-corrected chi connectivity index (χ0v) is 15.7. The number of carbonyl (C=O) groups is 1. The molecule has 0 aliphatic rings. The Kier molecular flexibility index (Phi) is 7.05. The van der Waals surface area contributed by atoms with Gasteiger partial charge in [-0.05, 0) is 29.8 Å². The van der Waals surface area contributed by atoms with Crippen LogP contribution in [0.25, 0.3) is 10.8 Å². The van der Waals surface area contributed by atoms with Crippen molar-refractivity contribution in [3.05, 3.63) is 78.6 Å². The van der Waals surface area contributed by atoms with Crippen molar-refractivity contribution in [3.63, 3.8) is 0 Å². The van der Waals surface area contributed by atoms with Gasteiger partial charge in [-0.2, -0.15) is 8.42 Å². The molecule has 1 atom stereocenters. The van der Waals surface area contributed by atoms with Crippen LogP contribution in [-0.4, -0.2) is 30.1 Å². The molecule has 0 aromatic heterocycles. The summed E-state index contributed by atoms with van der Waals surface area (Å²) >= 11 is 0. The van der Waals surface area contributed by atoms with Gasteiger partial charge in [-0.25, -0.2) is 14.2 Å². The molecule has 0 saturated carbocycles. The molecular weight excluding hydrogens is 387 g/mol. The molecule has 9 heteroatoms. The molecule has 148 valence electrons. The van der Waals surface area contributed by atoms with Gasteiger partial charge >= 0.3 is 10.3 Å². The first-order chi connectivity index (χ1) is 13.3. The fraction of sp³-hybridized carbons (Fsp3) is 0.105. The summed E-state index contributed by atoms with van der Waals surface area (Å²) in [6, 6.07) is 19.9. The van der Waals surface area contributed by atoms with Crippen molar-refractivity contribution in [1.82, 2.24) is 5.48 Å². The topological polar surface area (TPSA) is 107 Å². The van der Waals surface area contributed by atoms with E-state index < -0.39 is 33.8 Å². The van der Waals surface area contributed by atoms with Gasteiger partial charge in [-0.1, -0.05) is 60.7 Å². The summed E-state index contributed by atoms with van der Waals surface area (Å²) < 4.78 is 45.1. The highest BCUT2D eigenvalue weighted by Crippen LogP contribution is 2.23. The van der Waals surface area contributed by atoms with Crippen LogP contribution in [-0.2, 0) is 15.1 Å². The number of benzene rings is 3. The van der Waals surface area contributed by atoms with Gasteiger partial charge in [-0.15, -0.1) is 0 Å². The van der Waals surface area contributed by atoms with E-state index in [9.17, 15) is 17.6 Å². The lowest BCUT2D eigenvalue weighted by Gasteiger charge is -2.26. The molecule has 3 rings (SSSR count). The van der Waals surface area contributed by atoms with Crippen LogP contribution < -0.4 is 9.79 Å². The van der Waals surface area contributed by atoms with Crippen molar-refractivity contribution in [2.45, 2.75) is 13.0 Å². The predicted octanol–water partition coefficient (Wildman–Crippen LogP) is 3.17. The molecular formula is C19H19FN2O5S. The van der Waals surface area contributed by atoms with E-state index in [1.54, 1.807) is 0 Å². The Hall–Kier alpha value is -3.01. The molecule has 0 spiro atoms. The number of nitrogens with one attached hydrogen (secondary N) is 1. The van der Waals surface area contributed by atoms with Crippen molar-refractivity contribution in [2.24, 2.45) is 0 Å². The Morgan fingerprint density at radius 3 is 1.79 bits per heavy atom. The SMILES string of the molecule is CC(C(=O)NO)N(c1ccccc1F)S(=O)(=O)O.c1ccc2ccccc2c1. The summed E-state index contributed by atoms with van der Waals surface area (Å²) in [5.74, 6) is -2.05. The standard InChI is InChI=1S/C10H8.C9H11FN2O5S/c1-2-6-10-8-4-3-7-9(10)5-1;1-6(9(13)11-14)12(18(15,16)17)8-5-3-2-4-7(8)10/h1-8H;2-6,14H,1H3,(H,11,13)(H,15,16,17). The number of carbonyl (C=O) groups excluding carboxylic acids is 1. The second-order valence-corrected chi connectivity index (χ2v) is 7.01. The van der Waals surface area contributed by atoms with Crippen LogP contribution in [0.2, 0.25) is 0 Å². The summed E-state index contributed by atoms with van der Waals surface area (Å²) in [6.45, 7) is 1.08. The summed E-state index contributed by atoms with van der Waals surface area (Å²) in [5.41, 5.74) is 0.724. The van der Waals surface area contributed by atoms with Gasteiger partial charge in [0.05, 0.1) is 5.69 Å². The molecule has 3 aromatic carbocycles. The highest BCUT2D eigenvalue weighted by molar-refractivity contribution is 7.87. The number of nitrogens with zero attached hydrogens (tertiary/aromatic N) is 1. The van der Waals surface area contributed by atoms with Gasteiger partial charge in [-0.3, -0.25) is 14.6 Å². The lowest BCUT2D eigenvalue weighted by Crippen LogP contribution is -2.47. The summed E-state index contributed by atoms with van der Waals surface area (Å²) in [7, 11) is -4.87. The molecule has 28 heavy (non-hydrogen) atoms. The first kappa shape index (κ1) is 21.3. The molecule has 3 N–H and O–H groups in total. The summed E-state index contributed by atoms with van der Waals surface area (Å²) in [6.07, 6.45) is 0. The Balaban J connectivity index is 0.000000233. The molecule has 0 aliphatic carbocycles. The van der Waals surface area contributed by atoms with Gasteiger partial charge in [0.1, 0.15) is 11.9 Å². The smallest absolute Gasteiger partial charge is 0.289 e. The van der Waals surface area contributed by atoms with E-state index in [-0.39, 0.29) is 4.31 Å². The van der Waals surface area contributed by atoms with E-state index in [4.69, 9.17) is 9.76 Å². The van der Waals surface area contributed by atoms with E-state index >= 15 is 0 Å². The number of hydrogen-bond donors (Lipinski definition) is 3. The van der Waals surface area contributed by atoms with Gasteiger partial charge in [0.25, 0.3) is 5.91 Å². The Labute approximate surface area is 161 Å². The number of rotatable bonds is 4. The number of amides is 1. The second kappa shape index (κ2) is 9.27. The van der Waals surface area contributed by atoms with Crippen LogP contribution in [0.1, 0.15) is 6.92 Å². The number of fused-ring (bicyclic) bond motifs is 1. The number of halogens is 1. The molecule has 3 aromatic rings. The number of anilines is 1. The van der Waals surface area contributed by atoms with Crippen molar-refractivity contribution >= 4 is 32.7 Å². The zero-order valence-electron chi connectivity index (χ0n) is 14.9. The van der Waals surface area contributed by atoms with Crippen molar-refractivity contribution in [1.29, 1.82) is 0 Å². The Morgan fingerprint density at radius 1 is 0.964 bits per heavy atom. The van der Waals surface area contributed by atoms with Crippen LogP contribution >= 0.6 is 0 Å². The molecule has 1 unspecified atom stereocenters. The van der Waals surface area contributed by atoms with Crippen molar-refractivity contribution in [2.75, 3.05) is 4.31 Å². The first-order valence-corrected chi connectivity index (χ1v) is 9.54.